The van der Waals surface area contributed by atoms with Crippen molar-refractivity contribution >= 4 is 28.1 Å². The van der Waals surface area contributed by atoms with Gasteiger partial charge in [0, 0.05) is 11.1 Å². The standard InChI is InChI=1S/C15H18N2O2S/c1-9-5-6-10(2)11(7-9)16-14-17-12(8-20-14)15(3,4)13(18)19/h5-8H,1-4H3,(H,16,17)(H,18,19). The first-order valence-corrected chi connectivity index (χ1v) is 7.22. The third-order valence-corrected chi connectivity index (χ3v) is 4.07. The number of carboxylic acids is 1. The van der Waals surface area contributed by atoms with Gasteiger partial charge in [-0.25, -0.2) is 4.98 Å². The lowest BCUT2D eigenvalue weighted by molar-refractivity contribution is -0.142. The number of anilines is 2. The summed E-state index contributed by atoms with van der Waals surface area (Å²) in [5.74, 6) is -0.874. The van der Waals surface area contributed by atoms with E-state index in [0.717, 1.165) is 11.3 Å². The predicted molar refractivity (Wildman–Crippen MR) is 82.0 cm³/mol. The molecule has 0 aliphatic carbocycles. The van der Waals surface area contributed by atoms with E-state index in [-0.39, 0.29) is 0 Å². The van der Waals surface area contributed by atoms with Gasteiger partial charge in [-0.1, -0.05) is 12.1 Å². The van der Waals surface area contributed by atoms with Crippen molar-refractivity contribution in [1.29, 1.82) is 0 Å². The third kappa shape index (κ3) is 2.82. The second-order valence-electron chi connectivity index (χ2n) is 5.41. The van der Waals surface area contributed by atoms with Gasteiger partial charge in [-0.2, -0.15) is 0 Å². The van der Waals surface area contributed by atoms with Crippen LogP contribution in [-0.2, 0) is 10.2 Å². The number of thiazole rings is 1. The SMILES string of the molecule is Cc1ccc(C)c(Nc2nc(C(C)(C)C(=O)O)cs2)c1. The van der Waals surface area contributed by atoms with Crippen LogP contribution in [0.5, 0.6) is 0 Å². The van der Waals surface area contributed by atoms with Crippen LogP contribution in [-0.4, -0.2) is 16.1 Å². The van der Waals surface area contributed by atoms with E-state index in [1.807, 2.05) is 19.9 Å². The highest BCUT2D eigenvalue weighted by molar-refractivity contribution is 7.13. The third-order valence-electron chi connectivity index (χ3n) is 3.31. The number of carboxylic acid groups (broad SMARTS) is 1. The van der Waals surface area contributed by atoms with Gasteiger partial charge >= 0.3 is 5.97 Å². The molecular formula is C15H18N2O2S. The highest BCUT2D eigenvalue weighted by atomic mass is 32.1. The smallest absolute Gasteiger partial charge is 0.315 e. The van der Waals surface area contributed by atoms with E-state index >= 15 is 0 Å². The number of aryl methyl sites for hydroxylation is 2. The van der Waals surface area contributed by atoms with Gasteiger partial charge < -0.3 is 10.4 Å². The van der Waals surface area contributed by atoms with E-state index in [0.29, 0.717) is 10.8 Å². The van der Waals surface area contributed by atoms with Crippen LogP contribution in [0.4, 0.5) is 10.8 Å². The summed E-state index contributed by atoms with van der Waals surface area (Å²) >= 11 is 1.42. The van der Waals surface area contributed by atoms with Crippen LogP contribution in [0.25, 0.3) is 0 Å². The van der Waals surface area contributed by atoms with E-state index in [1.54, 1.807) is 19.2 Å². The predicted octanol–water partition coefficient (Wildman–Crippen LogP) is 3.87. The first-order chi connectivity index (χ1) is 9.30. The minimum absolute atomic E-state index is 0.572. The van der Waals surface area contributed by atoms with Crippen molar-refractivity contribution in [3.63, 3.8) is 0 Å². The number of nitrogens with one attached hydrogen (secondary N) is 1. The first kappa shape index (κ1) is 14.5. The maximum atomic E-state index is 11.2. The lowest BCUT2D eigenvalue weighted by Gasteiger charge is -2.15. The van der Waals surface area contributed by atoms with E-state index in [4.69, 9.17) is 0 Å². The summed E-state index contributed by atoms with van der Waals surface area (Å²) in [6.07, 6.45) is 0. The molecule has 0 fully saturated rings. The van der Waals surface area contributed by atoms with Crippen LogP contribution < -0.4 is 5.32 Å². The summed E-state index contributed by atoms with van der Waals surface area (Å²) in [7, 11) is 0. The first-order valence-electron chi connectivity index (χ1n) is 6.34. The lowest BCUT2D eigenvalue weighted by Crippen LogP contribution is -2.28. The fourth-order valence-corrected chi connectivity index (χ4v) is 2.60. The summed E-state index contributed by atoms with van der Waals surface area (Å²) in [4.78, 5) is 15.6. The molecule has 0 saturated heterocycles. The Bertz CT molecular complexity index is 647. The average molecular weight is 290 g/mol. The number of hydrogen-bond acceptors (Lipinski definition) is 4. The van der Waals surface area contributed by atoms with E-state index in [1.165, 1.54) is 16.9 Å². The second kappa shape index (κ2) is 5.25. The molecule has 4 nitrogen and oxygen atoms in total. The molecular weight excluding hydrogens is 272 g/mol. The molecule has 0 saturated carbocycles. The van der Waals surface area contributed by atoms with Crippen molar-refractivity contribution in [2.75, 3.05) is 5.32 Å². The molecule has 1 heterocycles. The van der Waals surface area contributed by atoms with Crippen molar-refractivity contribution in [3.05, 3.63) is 40.4 Å². The van der Waals surface area contributed by atoms with Crippen molar-refractivity contribution in [2.24, 2.45) is 0 Å². The molecule has 2 aromatic rings. The largest absolute Gasteiger partial charge is 0.481 e. The van der Waals surface area contributed by atoms with Crippen molar-refractivity contribution in [3.8, 4) is 0 Å². The Morgan fingerprint density at radius 2 is 2.05 bits per heavy atom. The zero-order valence-electron chi connectivity index (χ0n) is 12.0. The van der Waals surface area contributed by atoms with Crippen molar-refractivity contribution < 1.29 is 9.90 Å². The van der Waals surface area contributed by atoms with Gasteiger partial charge in [0.05, 0.1) is 5.69 Å². The molecule has 2 N–H and O–H groups in total. The van der Waals surface area contributed by atoms with Crippen LogP contribution in [0, 0.1) is 13.8 Å². The number of benzene rings is 1. The number of rotatable bonds is 4. The zero-order valence-corrected chi connectivity index (χ0v) is 12.8. The number of carbonyl (C=O) groups is 1. The number of hydrogen-bond donors (Lipinski definition) is 2. The number of aromatic nitrogens is 1. The molecule has 0 unspecified atom stereocenters. The minimum Gasteiger partial charge on any atom is -0.481 e. The Morgan fingerprint density at radius 1 is 1.35 bits per heavy atom. The van der Waals surface area contributed by atoms with Gasteiger partial charge in [0.25, 0.3) is 0 Å². The van der Waals surface area contributed by atoms with Crippen molar-refractivity contribution in [2.45, 2.75) is 33.1 Å². The summed E-state index contributed by atoms with van der Waals surface area (Å²) in [5.41, 5.74) is 2.89. The van der Waals surface area contributed by atoms with Gasteiger partial charge in [0.15, 0.2) is 5.13 Å². The monoisotopic (exact) mass is 290 g/mol. The Balaban J connectivity index is 2.26. The van der Waals surface area contributed by atoms with Crippen LogP contribution >= 0.6 is 11.3 Å². The summed E-state index contributed by atoms with van der Waals surface area (Å²) in [5, 5.41) is 15.0. The molecule has 106 valence electrons. The number of nitrogens with zero attached hydrogens (tertiary/aromatic N) is 1. The number of aliphatic carboxylic acids is 1. The molecule has 20 heavy (non-hydrogen) atoms. The molecule has 5 heteroatoms. The molecule has 0 radical (unpaired) electrons. The fraction of sp³-hybridized carbons (Fsp3) is 0.333. The molecule has 0 atom stereocenters. The topological polar surface area (TPSA) is 62.2 Å². The second-order valence-corrected chi connectivity index (χ2v) is 6.27. The molecule has 0 aliphatic heterocycles. The summed E-state index contributed by atoms with van der Waals surface area (Å²) < 4.78 is 0. The Morgan fingerprint density at radius 3 is 2.70 bits per heavy atom. The Labute approximate surface area is 122 Å². The van der Waals surface area contributed by atoms with Crippen molar-refractivity contribution in [1.82, 2.24) is 4.98 Å². The van der Waals surface area contributed by atoms with Crippen LogP contribution in [0.2, 0.25) is 0 Å². The van der Waals surface area contributed by atoms with E-state index in [9.17, 15) is 9.90 Å². The molecule has 1 aromatic heterocycles. The van der Waals surface area contributed by atoms with E-state index in [2.05, 4.69) is 22.4 Å². The van der Waals surface area contributed by atoms with Crippen LogP contribution in [0.1, 0.15) is 30.7 Å². The highest BCUT2D eigenvalue weighted by Gasteiger charge is 2.32. The minimum atomic E-state index is -0.974. The van der Waals surface area contributed by atoms with Crippen LogP contribution in [0.15, 0.2) is 23.6 Å². The Hall–Kier alpha value is -1.88. The molecule has 0 spiro atoms. The summed E-state index contributed by atoms with van der Waals surface area (Å²) in [6, 6.07) is 6.16. The lowest BCUT2D eigenvalue weighted by atomic mass is 9.90. The van der Waals surface area contributed by atoms with Gasteiger partial charge in [0.1, 0.15) is 5.41 Å². The average Bonchev–Trinajstić information content (AvgIpc) is 2.83. The molecule has 0 aliphatic rings. The fourth-order valence-electron chi connectivity index (χ4n) is 1.71. The molecule has 0 amide bonds. The normalized spacial score (nSPS) is 11.4. The maximum Gasteiger partial charge on any atom is 0.315 e. The van der Waals surface area contributed by atoms with Gasteiger partial charge in [-0.05, 0) is 44.9 Å². The maximum absolute atomic E-state index is 11.2. The van der Waals surface area contributed by atoms with Gasteiger partial charge in [-0.3, -0.25) is 4.79 Å². The molecule has 1 aromatic carbocycles. The van der Waals surface area contributed by atoms with Crippen LogP contribution in [0.3, 0.4) is 0 Å². The Kier molecular flexibility index (Phi) is 3.81. The molecule has 0 bridgehead atoms. The zero-order chi connectivity index (χ0) is 14.9. The van der Waals surface area contributed by atoms with Gasteiger partial charge in [-0.15, -0.1) is 11.3 Å². The van der Waals surface area contributed by atoms with Gasteiger partial charge in [0.2, 0.25) is 0 Å². The summed E-state index contributed by atoms with van der Waals surface area (Å²) in [6.45, 7) is 7.38. The quantitative estimate of drug-likeness (QED) is 0.897. The van der Waals surface area contributed by atoms with E-state index < -0.39 is 11.4 Å². The molecule has 2 rings (SSSR count). The highest BCUT2D eigenvalue weighted by Crippen LogP contribution is 2.30.